The van der Waals surface area contributed by atoms with Crippen LogP contribution in [0.4, 0.5) is 0 Å². The van der Waals surface area contributed by atoms with Gasteiger partial charge in [0.1, 0.15) is 0 Å². The molecule has 0 fully saturated rings. The lowest BCUT2D eigenvalue weighted by molar-refractivity contribution is -0.138. The van der Waals surface area contributed by atoms with E-state index in [4.69, 9.17) is 11.6 Å². The van der Waals surface area contributed by atoms with Crippen LogP contribution in [0.25, 0.3) is 0 Å². The molecule has 0 saturated heterocycles. The van der Waals surface area contributed by atoms with Crippen LogP contribution in [-0.2, 0) is 4.79 Å². The first-order valence-electron chi connectivity index (χ1n) is 5.53. The van der Waals surface area contributed by atoms with Crippen LogP contribution in [0.5, 0.6) is 0 Å². The molecule has 3 nitrogen and oxygen atoms in total. The number of carboxylic acids is 1. The molecule has 0 aromatic heterocycles. The van der Waals surface area contributed by atoms with Gasteiger partial charge in [-0.2, -0.15) is 0 Å². The predicted octanol–water partition coefficient (Wildman–Crippen LogP) is 2.90. The average molecular weight is 256 g/mol. The molecule has 0 spiro atoms. The van der Waals surface area contributed by atoms with Crippen LogP contribution in [0.1, 0.15) is 32.3 Å². The number of carboxylic acid groups (broad SMARTS) is 1. The third-order valence-electron chi connectivity index (χ3n) is 2.41. The monoisotopic (exact) mass is 255 g/mol. The van der Waals surface area contributed by atoms with Crippen LogP contribution < -0.4 is 5.32 Å². The van der Waals surface area contributed by atoms with E-state index in [0.29, 0.717) is 11.6 Å². The van der Waals surface area contributed by atoms with Gasteiger partial charge in [0.25, 0.3) is 0 Å². The van der Waals surface area contributed by atoms with Crippen LogP contribution >= 0.6 is 11.6 Å². The number of benzene rings is 1. The quantitative estimate of drug-likeness (QED) is 0.870. The van der Waals surface area contributed by atoms with Gasteiger partial charge < -0.3 is 10.4 Å². The molecular weight excluding hydrogens is 238 g/mol. The van der Waals surface area contributed by atoms with E-state index in [1.807, 2.05) is 20.8 Å². The first kappa shape index (κ1) is 14.0. The Morgan fingerprint density at radius 2 is 1.88 bits per heavy atom. The van der Waals surface area contributed by atoms with Crippen LogP contribution in [-0.4, -0.2) is 23.2 Å². The normalized spacial score (nSPS) is 13.4. The minimum Gasteiger partial charge on any atom is -0.481 e. The molecular formula is C13H18ClNO2. The second kappa shape index (κ2) is 5.52. The standard InChI is InChI=1S/C13H18ClNO2/c1-13(2,3)15-8-11(12(16)17)9-4-6-10(14)7-5-9/h4-7,11,15H,8H2,1-3H3,(H,16,17). The number of carbonyl (C=O) groups is 1. The van der Waals surface area contributed by atoms with E-state index in [0.717, 1.165) is 5.56 Å². The van der Waals surface area contributed by atoms with Gasteiger partial charge in [0.2, 0.25) is 0 Å². The van der Waals surface area contributed by atoms with Crippen molar-refractivity contribution in [3.63, 3.8) is 0 Å². The Morgan fingerprint density at radius 3 is 2.29 bits per heavy atom. The molecule has 4 heteroatoms. The summed E-state index contributed by atoms with van der Waals surface area (Å²) in [6.45, 7) is 6.43. The first-order valence-corrected chi connectivity index (χ1v) is 5.91. The smallest absolute Gasteiger partial charge is 0.312 e. The highest BCUT2D eigenvalue weighted by Gasteiger charge is 2.21. The van der Waals surface area contributed by atoms with Gasteiger partial charge in [-0.25, -0.2) is 0 Å². The molecule has 1 unspecified atom stereocenters. The Bertz CT molecular complexity index is 381. The number of aliphatic carboxylic acids is 1. The third kappa shape index (κ3) is 4.75. The Balaban J connectivity index is 2.79. The van der Waals surface area contributed by atoms with E-state index in [1.54, 1.807) is 24.3 Å². The number of nitrogens with one attached hydrogen (secondary N) is 1. The maximum atomic E-state index is 11.2. The van der Waals surface area contributed by atoms with Crippen molar-refractivity contribution in [1.29, 1.82) is 0 Å². The molecule has 0 radical (unpaired) electrons. The minimum absolute atomic E-state index is 0.0971. The molecule has 1 aromatic carbocycles. The van der Waals surface area contributed by atoms with E-state index in [1.165, 1.54) is 0 Å². The van der Waals surface area contributed by atoms with Gasteiger partial charge in [0.15, 0.2) is 0 Å². The predicted molar refractivity (Wildman–Crippen MR) is 69.6 cm³/mol. The van der Waals surface area contributed by atoms with Crippen molar-refractivity contribution < 1.29 is 9.90 Å². The molecule has 1 rings (SSSR count). The minimum atomic E-state index is -0.830. The molecule has 0 heterocycles. The lowest BCUT2D eigenvalue weighted by Crippen LogP contribution is -2.40. The highest BCUT2D eigenvalue weighted by molar-refractivity contribution is 6.30. The molecule has 0 aliphatic heterocycles. The summed E-state index contributed by atoms with van der Waals surface area (Å²) in [5, 5.41) is 13.0. The van der Waals surface area contributed by atoms with Gasteiger partial charge >= 0.3 is 5.97 Å². The molecule has 2 N–H and O–H groups in total. The van der Waals surface area contributed by atoms with E-state index in [9.17, 15) is 9.90 Å². The maximum absolute atomic E-state index is 11.2. The van der Waals surface area contributed by atoms with Gasteiger partial charge in [0, 0.05) is 17.1 Å². The fourth-order valence-electron chi connectivity index (χ4n) is 1.45. The molecule has 1 atom stereocenters. The summed E-state index contributed by atoms with van der Waals surface area (Å²) < 4.78 is 0. The lowest BCUT2D eigenvalue weighted by atomic mass is 9.98. The van der Waals surface area contributed by atoms with E-state index >= 15 is 0 Å². The highest BCUT2D eigenvalue weighted by atomic mass is 35.5. The fourth-order valence-corrected chi connectivity index (χ4v) is 1.58. The zero-order chi connectivity index (χ0) is 13.1. The van der Waals surface area contributed by atoms with Gasteiger partial charge in [-0.05, 0) is 38.5 Å². The summed E-state index contributed by atoms with van der Waals surface area (Å²) in [6, 6.07) is 6.94. The Kier molecular flexibility index (Phi) is 4.54. The van der Waals surface area contributed by atoms with Gasteiger partial charge in [0.05, 0.1) is 5.92 Å². The first-order chi connectivity index (χ1) is 7.79. The molecule has 0 bridgehead atoms. The molecule has 17 heavy (non-hydrogen) atoms. The van der Waals surface area contributed by atoms with Crippen molar-refractivity contribution in [1.82, 2.24) is 5.32 Å². The molecule has 0 amide bonds. The Labute approximate surface area is 107 Å². The van der Waals surface area contributed by atoms with E-state index in [-0.39, 0.29) is 5.54 Å². The lowest BCUT2D eigenvalue weighted by Gasteiger charge is -2.23. The zero-order valence-electron chi connectivity index (χ0n) is 10.3. The second-order valence-corrected chi connectivity index (χ2v) is 5.51. The number of halogens is 1. The van der Waals surface area contributed by atoms with Crippen LogP contribution in [0.3, 0.4) is 0 Å². The van der Waals surface area contributed by atoms with Crippen LogP contribution in [0.2, 0.25) is 5.02 Å². The van der Waals surface area contributed by atoms with Crippen molar-refractivity contribution in [3.8, 4) is 0 Å². The van der Waals surface area contributed by atoms with Crippen molar-refractivity contribution in [2.45, 2.75) is 32.2 Å². The number of rotatable bonds is 4. The average Bonchev–Trinajstić information content (AvgIpc) is 2.18. The SMILES string of the molecule is CC(C)(C)NCC(C(=O)O)c1ccc(Cl)cc1. The Morgan fingerprint density at radius 1 is 1.35 bits per heavy atom. The summed E-state index contributed by atoms with van der Waals surface area (Å²) in [7, 11) is 0. The van der Waals surface area contributed by atoms with Crippen molar-refractivity contribution in [2.75, 3.05) is 6.54 Å². The van der Waals surface area contributed by atoms with Crippen molar-refractivity contribution >= 4 is 17.6 Å². The summed E-state index contributed by atoms with van der Waals surface area (Å²) in [6.07, 6.45) is 0. The van der Waals surface area contributed by atoms with Crippen molar-refractivity contribution in [2.24, 2.45) is 0 Å². The summed E-state index contributed by atoms with van der Waals surface area (Å²) in [5.41, 5.74) is 0.666. The third-order valence-corrected chi connectivity index (χ3v) is 2.66. The molecule has 94 valence electrons. The Hall–Kier alpha value is -1.06. The zero-order valence-corrected chi connectivity index (χ0v) is 11.1. The fraction of sp³-hybridized carbons (Fsp3) is 0.462. The van der Waals surface area contributed by atoms with Gasteiger partial charge in [-0.1, -0.05) is 23.7 Å². The topological polar surface area (TPSA) is 49.3 Å². The number of hydrogen-bond donors (Lipinski definition) is 2. The summed E-state index contributed by atoms with van der Waals surface area (Å²) in [4.78, 5) is 11.2. The highest BCUT2D eigenvalue weighted by Crippen LogP contribution is 2.19. The maximum Gasteiger partial charge on any atom is 0.312 e. The molecule has 1 aromatic rings. The summed E-state index contributed by atoms with van der Waals surface area (Å²) in [5.74, 6) is -1.38. The molecule has 0 aliphatic rings. The van der Waals surface area contributed by atoms with Gasteiger partial charge in [-0.3, -0.25) is 4.79 Å². The molecule has 0 saturated carbocycles. The second-order valence-electron chi connectivity index (χ2n) is 5.07. The summed E-state index contributed by atoms with van der Waals surface area (Å²) >= 11 is 5.78. The van der Waals surface area contributed by atoms with E-state index in [2.05, 4.69) is 5.32 Å². The van der Waals surface area contributed by atoms with Crippen LogP contribution in [0, 0.1) is 0 Å². The van der Waals surface area contributed by atoms with Crippen molar-refractivity contribution in [3.05, 3.63) is 34.9 Å². The largest absolute Gasteiger partial charge is 0.481 e. The van der Waals surface area contributed by atoms with E-state index < -0.39 is 11.9 Å². The van der Waals surface area contributed by atoms with Gasteiger partial charge in [-0.15, -0.1) is 0 Å². The van der Waals surface area contributed by atoms with Crippen LogP contribution in [0.15, 0.2) is 24.3 Å². The molecule has 0 aliphatic carbocycles. The number of hydrogen-bond acceptors (Lipinski definition) is 2.